The van der Waals surface area contributed by atoms with E-state index in [1.54, 1.807) is 0 Å². The number of hydrogen-bond acceptors (Lipinski definition) is 3. The molecule has 1 saturated heterocycles. The maximum atomic E-state index is 12.8. The third-order valence-electron chi connectivity index (χ3n) is 4.63. The average molecular weight is 342 g/mol. The molecule has 1 aliphatic heterocycles. The fourth-order valence-electron chi connectivity index (χ4n) is 2.95. The number of ketones is 1. The van der Waals surface area contributed by atoms with Crippen molar-refractivity contribution in [2.75, 3.05) is 13.1 Å². The third kappa shape index (κ3) is 2.98. The normalized spacial score (nSPS) is 20.1. The Morgan fingerprint density at radius 2 is 2.25 bits per heavy atom. The molecule has 20 heavy (non-hydrogen) atoms. The molecular formula is C15H24BrN3O. The molecule has 1 atom stereocenters. The van der Waals surface area contributed by atoms with Gasteiger partial charge in [0.2, 0.25) is 0 Å². The van der Waals surface area contributed by atoms with Crippen LogP contribution in [0.25, 0.3) is 0 Å². The zero-order valence-electron chi connectivity index (χ0n) is 12.8. The summed E-state index contributed by atoms with van der Waals surface area (Å²) in [6, 6.07) is 0. The minimum Gasteiger partial charge on any atom is -0.316 e. The lowest BCUT2D eigenvalue weighted by Gasteiger charge is -2.36. The van der Waals surface area contributed by atoms with E-state index in [1.807, 2.05) is 18.7 Å². The van der Waals surface area contributed by atoms with Crippen molar-refractivity contribution in [3.05, 3.63) is 15.9 Å². The predicted octanol–water partition coefficient (Wildman–Crippen LogP) is 2.63. The molecule has 1 aromatic heterocycles. The minimum atomic E-state index is -0.287. The lowest BCUT2D eigenvalue weighted by atomic mass is 9.71. The molecule has 1 fully saturated rings. The van der Waals surface area contributed by atoms with Crippen molar-refractivity contribution in [2.24, 2.45) is 18.4 Å². The van der Waals surface area contributed by atoms with Crippen LogP contribution in [0.3, 0.4) is 0 Å². The van der Waals surface area contributed by atoms with Crippen molar-refractivity contribution in [1.29, 1.82) is 0 Å². The lowest BCUT2D eigenvalue weighted by molar-refractivity contribution is -0.129. The Bertz CT molecular complexity index is 501. The summed E-state index contributed by atoms with van der Waals surface area (Å²) in [5, 5.41) is 7.77. The van der Waals surface area contributed by atoms with Gasteiger partial charge < -0.3 is 5.32 Å². The number of aromatic nitrogens is 2. The van der Waals surface area contributed by atoms with Crippen molar-refractivity contribution in [3.63, 3.8) is 0 Å². The van der Waals surface area contributed by atoms with Crippen LogP contribution in [-0.4, -0.2) is 28.7 Å². The molecule has 0 aromatic carbocycles. The van der Waals surface area contributed by atoms with Gasteiger partial charge in [0, 0.05) is 12.5 Å². The summed E-state index contributed by atoms with van der Waals surface area (Å²) in [6.45, 7) is 8.15. The van der Waals surface area contributed by atoms with Gasteiger partial charge in [-0.15, -0.1) is 0 Å². The van der Waals surface area contributed by atoms with Crippen molar-refractivity contribution in [2.45, 2.75) is 40.0 Å². The van der Waals surface area contributed by atoms with Crippen molar-refractivity contribution in [1.82, 2.24) is 15.1 Å². The van der Waals surface area contributed by atoms with Crippen molar-refractivity contribution < 1.29 is 4.79 Å². The van der Waals surface area contributed by atoms with Crippen LogP contribution in [0.4, 0.5) is 0 Å². The van der Waals surface area contributed by atoms with E-state index in [1.165, 1.54) is 0 Å². The number of carbonyl (C=O) groups excluding carboxylic acids is 1. The Morgan fingerprint density at radius 1 is 1.55 bits per heavy atom. The minimum absolute atomic E-state index is 0.287. The van der Waals surface area contributed by atoms with E-state index in [-0.39, 0.29) is 5.41 Å². The summed E-state index contributed by atoms with van der Waals surface area (Å²) in [7, 11) is 1.90. The Kier molecular flexibility index (Phi) is 4.69. The number of carbonyl (C=O) groups is 1. The van der Waals surface area contributed by atoms with Crippen LogP contribution in [0.1, 0.15) is 38.1 Å². The summed E-state index contributed by atoms with van der Waals surface area (Å²) in [4.78, 5) is 12.8. The van der Waals surface area contributed by atoms with E-state index in [0.717, 1.165) is 41.8 Å². The molecule has 2 heterocycles. The molecular weight excluding hydrogens is 318 g/mol. The Labute approximate surface area is 129 Å². The second-order valence-corrected chi connectivity index (χ2v) is 7.13. The zero-order valence-corrected chi connectivity index (χ0v) is 14.4. The van der Waals surface area contributed by atoms with Gasteiger partial charge in [0.05, 0.1) is 22.3 Å². The highest BCUT2D eigenvalue weighted by atomic mass is 79.9. The second kappa shape index (κ2) is 5.98. The number of Topliss-reactive ketones (excluding diaryl/α,β-unsaturated/α-hetero) is 1. The predicted molar refractivity (Wildman–Crippen MR) is 83.7 cm³/mol. The van der Waals surface area contributed by atoms with Gasteiger partial charge in [-0.05, 0) is 54.7 Å². The first kappa shape index (κ1) is 15.7. The van der Waals surface area contributed by atoms with Gasteiger partial charge in [0.25, 0.3) is 0 Å². The van der Waals surface area contributed by atoms with Crippen LogP contribution in [-0.2, 0) is 18.3 Å². The molecule has 5 heteroatoms. The van der Waals surface area contributed by atoms with Gasteiger partial charge in [-0.25, -0.2) is 0 Å². The molecule has 0 spiro atoms. The van der Waals surface area contributed by atoms with E-state index in [9.17, 15) is 4.79 Å². The van der Waals surface area contributed by atoms with Crippen LogP contribution in [0.15, 0.2) is 4.47 Å². The van der Waals surface area contributed by atoms with Gasteiger partial charge in [-0.2, -0.15) is 5.10 Å². The molecule has 1 aliphatic rings. The SMILES string of the molecule is Cc1nn(C)c(CC(=O)C(C)(C)C2CCCNC2)c1Br. The summed E-state index contributed by atoms with van der Waals surface area (Å²) in [5.41, 5.74) is 1.63. The van der Waals surface area contributed by atoms with E-state index in [4.69, 9.17) is 0 Å². The molecule has 0 aliphatic carbocycles. The summed E-state index contributed by atoms with van der Waals surface area (Å²) < 4.78 is 2.78. The van der Waals surface area contributed by atoms with E-state index in [2.05, 4.69) is 40.2 Å². The standard InChI is InChI=1S/C15H24BrN3O/c1-10-14(16)12(19(4)18-10)8-13(20)15(2,3)11-6-5-7-17-9-11/h11,17H,5-9H2,1-4H3. The lowest BCUT2D eigenvalue weighted by Crippen LogP contribution is -2.43. The summed E-state index contributed by atoms with van der Waals surface area (Å²) >= 11 is 3.54. The molecule has 0 amide bonds. The Balaban J connectivity index is 2.14. The third-order valence-corrected chi connectivity index (χ3v) is 5.66. The maximum Gasteiger partial charge on any atom is 0.144 e. The number of aryl methyl sites for hydroxylation is 2. The van der Waals surface area contributed by atoms with E-state index < -0.39 is 0 Å². The van der Waals surface area contributed by atoms with Crippen molar-refractivity contribution in [3.8, 4) is 0 Å². The molecule has 4 nitrogen and oxygen atoms in total. The molecule has 1 N–H and O–H groups in total. The smallest absolute Gasteiger partial charge is 0.144 e. The zero-order chi connectivity index (χ0) is 14.9. The van der Waals surface area contributed by atoms with Crippen LogP contribution >= 0.6 is 15.9 Å². The molecule has 2 rings (SSSR count). The summed E-state index contributed by atoms with van der Waals surface area (Å²) in [6.07, 6.45) is 2.74. The number of rotatable bonds is 4. The number of halogens is 1. The van der Waals surface area contributed by atoms with Gasteiger partial charge >= 0.3 is 0 Å². The molecule has 0 saturated carbocycles. The highest BCUT2D eigenvalue weighted by molar-refractivity contribution is 9.10. The molecule has 1 unspecified atom stereocenters. The first-order valence-electron chi connectivity index (χ1n) is 7.26. The monoisotopic (exact) mass is 341 g/mol. The fraction of sp³-hybridized carbons (Fsp3) is 0.733. The van der Waals surface area contributed by atoms with Gasteiger partial charge in [-0.1, -0.05) is 13.8 Å². The highest BCUT2D eigenvalue weighted by Crippen LogP contribution is 2.34. The number of hydrogen-bond donors (Lipinski definition) is 1. The maximum absolute atomic E-state index is 12.8. The first-order valence-corrected chi connectivity index (χ1v) is 8.05. The van der Waals surface area contributed by atoms with Crippen LogP contribution in [0.5, 0.6) is 0 Å². The Morgan fingerprint density at radius 3 is 2.75 bits per heavy atom. The van der Waals surface area contributed by atoms with Gasteiger partial charge in [-0.3, -0.25) is 9.48 Å². The van der Waals surface area contributed by atoms with Crippen LogP contribution < -0.4 is 5.32 Å². The van der Waals surface area contributed by atoms with E-state index >= 15 is 0 Å². The quantitative estimate of drug-likeness (QED) is 0.915. The van der Waals surface area contributed by atoms with Crippen molar-refractivity contribution >= 4 is 21.7 Å². The van der Waals surface area contributed by atoms with Gasteiger partial charge in [0.1, 0.15) is 5.78 Å². The molecule has 0 bridgehead atoms. The largest absolute Gasteiger partial charge is 0.316 e. The summed E-state index contributed by atoms with van der Waals surface area (Å²) in [5.74, 6) is 0.728. The number of nitrogens with zero attached hydrogens (tertiary/aromatic N) is 2. The first-order chi connectivity index (χ1) is 9.34. The van der Waals surface area contributed by atoms with E-state index in [0.29, 0.717) is 18.1 Å². The molecule has 1 aromatic rings. The second-order valence-electron chi connectivity index (χ2n) is 6.33. The number of nitrogens with one attached hydrogen (secondary N) is 1. The highest BCUT2D eigenvalue weighted by Gasteiger charge is 2.37. The van der Waals surface area contributed by atoms with Gasteiger partial charge in [0.15, 0.2) is 0 Å². The topological polar surface area (TPSA) is 46.9 Å². The van der Waals surface area contributed by atoms with Crippen LogP contribution in [0, 0.1) is 18.3 Å². The number of piperidine rings is 1. The van der Waals surface area contributed by atoms with Crippen LogP contribution in [0.2, 0.25) is 0 Å². The molecule has 0 radical (unpaired) electrons. The fourth-order valence-corrected chi connectivity index (χ4v) is 3.42. The average Bonchev–Trinajstić information content (AvgIpc) is 2.66. The molecule has 112 valence electrons. The Hall–Kier alpha value is -0.680.